The quantitative estimate of drug-likeness (QED) is 0.197. The number of methoxy groups -OCH3 is 1. The lowest BCUT2D eigenvalue weighted by Crippen LogP contribution is -2.21. The Morgan fingerprint density at radius 2 is 1.75 bits per heavy atom. The van der Waals surface area contributed by atoms with Gasteiger partial charge in [0, 0.05) is 24.3 Å². The zero-order valence-electron chi connectivity index (χ0n) is 19.2. The van der Waals surface area contributed by atoms with Crippen molar-refractivity contribution >= 4 is 63.4 Å². The van der Waals surface area contributed by atoms with E-state index in [4.69, 9.17) is 27.9 Å². The maximum Gasteiger partial charge on any atom is 0.281 e. The topological polar surface area (TPSA) is 92.7 Å². The third-order valence-corrected chi connectivity index (χ3v) is 7.93. The predicted molar refractivity (Wildman–Crippen MR) is 146 cm³/mol. The molecule has 0 radical (unpaired) electrons. The molecule has 0 aliphatic heterocycles. The van der Waals surface area contributed by atoms with Gasteiger partial charge in [-0.05, 0) is 54.4 Å². The van der Waals surface area contributed by atoms with Crippen LogP contribution in [0, 0.1) is 0 Å². The number of hydrogen-bond acceptors (Lipinski definition) is 7. The summed E-state index contributed by atoms with van der Waals surface area (Å²) >= 11 is 14.8. The summed E-state index contributed by atoms with van der Waals surface area (Å²) < 4.78 is 5.63. The normalized spacial score (nSPS) is 11.3. The molecule has 0 unspecified atom stereocenters. The van der Waals surface area contributed by atoms with Gasteiger partial charge in [-0.2, -0.15) is 5.10 Å². The molecule has 11 heteroatoms. The van der Waals surface area contributed by atoms with Gasteiger partial charge in [-0.15, -0.1) is 22.7 Å². The number of amides is 2. The second-order valence-electron chi connectivity index (χ2n) is 7.48. The average molecular weight is 560 g/mol. The lowest BCUT2D eigenvalue weighted by Gasteiger charge is -2.07. The largest absolute Gasteiger partial charge is 0.495 e. The van der Waals surface area contributed by atoms with E-state index >= 15 is 0 Å². The van der Waals surface area contributed by atoms with Gasteiger partial charge in [-0.1, -0.05) is 29.3 Å². The van der Waals surface area contributed by atoms with Crippen molar-refractivity contribution in [2.45, 2.75) is 13.5 Å². The fraction of sp³-hybridized carbons (Fsp3) is 0.120. The molecule has 4 aromatic rings. The number of nitrogens with one attached hydrogen (secondary N) is 2. The molecule has 3 heterocycles. The van der Waals surface area contributed by atoms with Crippen LogP contribution in [0.2, 0.25) is 10.0 Å². The van der Waals surface area contributed by atoms with E-state index in [0.717, 1.165) is 32.9 Å². The zero-order chi connectivity index (χ0) is 25.7. The number of hydrogen-bond donors (Lipinski definition) is 2. The third kappa shape index (κ3) is 5.93. The molecule has 0 spiro atoms. The molecule has 0 saturated carbocycles. The minimum absolute atomic E-state index is 0.256. The van der Waals surface area contributed by atoms with E-state index in [1.165, 1.54) is 11.3 Å². The Labute approximate surface area is 225 Å². The van der Waals surface area contributed by atoms with Crippen molar-refractivity contribution in [1.29, 1.82) is 0 Å². The minimum Gasteiger partial charge on any atom is -0.495 e. The molecule has 0 aliphatic rings. The van der Waals surface area contributed by atoms with Crippen molar-refractivity contribution in [2.75, 3.05) is 7.11 Å². The maximum absolute atomic E-state index is 12.6. The van der Waals surface area contributed by atoms with E-state index in [1.807, 2.05) is 23.6 Å². The van der Waals surface area contributed by atoms with Crippen LogP contribution in [0.25, 0.3) is 10.4 Å². The van der Waals surface area contributed by atoms with Gasteiger partial charge in [0.25, 0.3) is 11.8 Å². The monoisotopic (exact) mass is 558 g/mol. The second-order valence-corrected chi connectivity index (χ2v) is 10.3. The van der Waals surface area contributed by atoms with Gasteiger partial charge in [-0.25, -0.2) is 5.43 Å². The second kappa shape index (κ2) is 11.7. The number of thiophene rings is 2. The number of halogens is 2. The highest BCUT2D eigenvalue weighted by Crippen LogP contribution is 2.41. The first-order valence-electron chi connectivity index (χ1n) is 10.6. The van der Waals surface area contributed by atoms with Gasteiger partial charge in [0.2, 0.25) is 0 Å². The molecular weight excluding hydrogens is 539 g/mol. The highest BCUT2D eigenvalue weighted by molar-refractivity contribution is 7.16. The van der Waals surface area contributed by atoms with E-state index in [-0.39, 0.29) is 5.91 Å². The van der Waals surface area contributed by atoms with E-state index < -0.39 is 5.91 Å². The number of nitrogens with zero attached hydrogens (tertiary/aromatic N) is 2. The number of pyridine rings is 1. The van der Waals surface area contributed by atoms with Crippen LogP contribution in [0.4, 0.5) is 0 Å². The molecule has 36 heavy (non-hydrogen) atoms. The molecular formula is C25H20Cl2N4O3S2. The van der Waals surface area contributed by atoms with Crippen molar-refractivity contribution in [3.63, 3.8) is 0 Å². The fourth-order valence-corrected chi connectivity index (χ4v) is 5.42. The van der Waals surface area contributed by atoms with Crippen LogP contribution in [0.15, 0.2) is 65.3 Å². The van der Waals surface area contributed by atoms with E-state index in [1.54, 1.807) is 50.7 Å². The van der Waals surface area contributed by atoms with Crippen LogP contribution in [-0.2, 0) is 6.54 Å². The van der Waals surface area contributed by atoms with Gasteiger partial charge in [0.1, 0.15) is 5.75 Å². The summed E-state index contributed by atoms with van der Waals surface area (Å²) in [4.78, 5) is 30.7. The van der Waals surface area contributed by atoms with Crippen molar-refractivity contribution in [3.05, 3.63) is 91.2 Å². The smallest absolute Gasteiger partial charge is 0.281 e. The van der Waals surface area contributed by atoms with E-state index in [0.29, 0.717) is 37.8 Å². The Balaban J connectivity index is 1.43. The first kappa shape index (κ1) is 25.8. The lowest BCUT2D eigenvalue weighted by molar-refractivity contribution is 0.0950. The van der Waals surface area contributed by atoms with Crippen LogP contribution < -0.4 is 15.5 Å². The molecule has 0 fully saturated rings. The Bertz CT molecular complexity index is 1430. The van der Waals surface area contributed by atoms with E-state index in [9.17, 15) is 9.59 Å². The molecule has 7 nitrogen and oxygen atoms in total. The van der Waals surface area contributed by atoms with Crippen molar-refractivity contribution in [2.24, 2.45) is 5.10 Å². The SMILES string of the molecule is COc1c(/C(C)=N/NC(=O)c2ccc(C(=O)NCc3ccncc3)s2)csc1-c1ccc(Cl)c(Cl)c1. The average Bonchev–Trinajstić information content (AvgIpc) is 3.56. The Kier molecular flexibility index (Phi) is 8.37. The molecule has 0 bridgehead atoms. The van der Waals surface area contributed by atoms with Crippen LogP contribution in [0.5, 0.6) is 5.75 Å². The van der Waals surface area contributed by atoms with Gasteiger partial charge < -0.3 is 10.1 Å². The summed E-state index contributed by atoms with van der Waals surface area (Å²) in [7, 11) is 1.57. The fourth-order valence-electron chi connectivity index (χ4n) is 3.24. The van der Waals surface area contributed by atoms with Gasteiger partial charge in [0.15, 0.2) is 0 Å². The number of ether oxygens (including phenoxy) is 1. The Morgan fingerprint density at radius 1 is 1.03 bits per heavy atom. The maximum atomic E-state index is 12.6. The molecule has 1 aromatic carbocycles. The Hall–Kier alpha value is -3.24. The first-order valence-corrected chi connectivity index (χ1v) is 13.1. The van der Waals surface area contributed by atoms with Crippen LogP contribution >= 0.6 is 45.9 Å². The number of hydrazone groups is 1. The number of carbonyl (C=O) groups excluding carboxylic acids is 2. The highest BCUT2D eigenvalue weighted by Gasteiger charge is 2.18. The van der Waals surface area contributed by atoms with Crippen LogP contribution in [0.1, 0.15) is 37.4 Å². The predicted octanol–water partition coefficient (Wildman–Crippen LogP) is 6.27. The van der Waals surface area contributed by atoms with E-state index in [2.05, 4.69) is 20.8 Å². The summed E-state index contributed by atoms with van der Waals surface area (Å²) in [5.74, 6) is -0.0435. The Morgan fingerprint density at radius 3 is 2.44 bits per heavy atom. The third-order valence-electron chi connectivity index (χ3n) is 5.10. The number of carbonyl (C=O) groups is 2. The molecule has 0 aliphatic carbocycles. The molecule has 4 rings (SSSR count). The van der Waals surface area contributed by atoms with Crippen molar-refractivity contribution in [1.82, 2.24) is 15.7 Å². The summed E-state index contributed by atoms with van der Waals surface area (Å²) in [5.41, 5.74) is 5.66. The van der Waals surface area contributed by atoms with Crippen molar-refractivity contribution < 1.29 is 14.3 Å². The number of rotatable bonds is 8. The van der Waals surface area contributed by atoms with Crippen molar-refractivity contribution in [3.8, 4) is 16.2 Å². The number of benzene rings is 1. The summed E-state index contributed by atoms with van der Waals surface area (Å²) in [6.07, 6.45) is 3.33. The van der Waals surface area contributed by atoms with Crippen LogP contribution in [-0.4, -0.2) is 29.6 Å². The summed E-state index contributed by atoms with van der Waals surface area (Å²) in [5, 5.41) is 9.90. The highest BCUT2D eigenvalue weighted by atomic mass is 35.5. The summed E-state index contributed by atoms with van der Waals surface area (Å²) in [6.45, 7) is 2.15. The molecule has 3 aromatic heterocycles. The van der Waals surface area contributed by atoms with Gasteiger partial charge in [0.05, 0.1) is 43.1 Å². The lowest BCUT2D eigenvalue weighted by atomic mass is 10.1. The molecule has 0 atom stereocenters. The summed E-state index contributed by atoms with van der Waals surface area (Å²) in [6, 6.07) is 12.2. The van der Waals surface area contributed by atoms with Gasteiger partial charge >= 0.3 is 0 Å². The molecule has 184 valence electrons. The minimum atomic E-state index is -0.411. The molecule has 0 saturated heterocycles. The van der Waals surface area contributed by atoms with Crippen LogP contribution in [0.3, 0.4) is 0 Å². The molecule has 2 N–H and O–H groups in total. The number of aromatic nitrogens is 1. The van der Waals surface area contributed by atoms with Gasteiger partial charge in [-0.3, -0.25) is 14.6 Å². The standard InChI is InChI=1S/C25H20Cl2N4O3S2/c1-14(17-13-35-23(22(17)34-2)16-3-4-18(26)19(27)11-16)30-31-25(33)21-6-5-20(36-21)24(32)29-12-15-7-9-28-10-8-15/h3-11,13H,12H2,1-2H3,(H,29,32)(H,31,33)/b30-14+. The zero-order valence-corrected chi connectivity index (χ0v) is 22.3. The first-order chi connectivity index (χ1) is 17.4. The molecule has 2 amide bonds.